The van der Waals surface area contributed by atoms with Crippen LogP contribution in [0.5, 0.6) is 0 Å². The molecule has 0 aliphatic rings. The van der Waals surface area contributed by atoms with Crippen molar-refractivity contribution in [1.82, 2.24) is 5.32 Å². The van der Waals surface area contributed by atoms with Gasteiger partial charge in [0.2, 0.25) is 0 Å². The summed E-state index contributed by atoms with van der Waals surface area (Å²) in [6.45, 7) is 7.11. The van der Waals surface area contributed by atoms with Gasteiger partial charge in [-0.25, -0.2) is 4.79 Å². The second-order valence-corrected chi connectivity index (χ2v) is 3.53. The van der Waals surface area contributed by atoms with Crippen LogP contribution in [0.1, 0.15) is 27.7 Å². The molecule has 0 fully saturated rings. The summed E-state index contributed by atoms with van der Waals surface area (Å²) in [6, 6.07) is -0.292. The number of amides is 1. The third kappa shape index (κ3) is 5.60. The van der Waals surface area contributed by atoms with Gasteiger partial charge in [-0.3, -0.25) is 0 Å². The quantitative estimate of drug-likeness (QED) is 0.604. The fourth-order valence-electron chi connectivity index (χ4n) is 0.526. The zero-order valence-corrected chi connectivity index (χ0v) is 7.97. The summed E-state index contributed by atoms with van der Waals surface area (Å²) in [6.07, 6.45) is 4.59. The van der Waals surface area contributed by atoms with Crippen LogP contribution in [0.3, 0.4) is 0 Å². The van der Waals surface area contributed by atoms with Crippen LogP contribution in [0.2, 0.25) is 0 Å². The standard InChI is InChI=1S/C9H15NO2/c1-6-7(2)10-8(11)12-9(3,4)5/h1,7H,2-5H3,(H,10,11). The van der Waals surface area contributed by atoms with Crippen LogP contribution in [-0.2, 0) is 4.74 Å². The lowest BCUT2D eigenvalue weighted by Gasteiger charge is -2.20. The fourth-order valence-corrected chi connectivity index (χ4v) is 0.526. The maximum absolute atomic E-state index is 11.0. The van der Waals surface area contributed by atoms with Gasteiger partial charge >= 0.3 is 6.09 Å². The van der Waals surface area contributed by atoms with E-state index in [1.807, 2.05) is 0 Å². The third-order valence-electron chi connectivity index (χ3n) is 0.983. The van der Waals surface area contributed by atoms with Gasteiger partial charge in [-0.1, -0.05) is 5.92 Å². The zero-order chi connectivity index (χ0) is 9.78. The molecule has 3 heteroatoms. The van der Waals surface area contributed by atoms with Crippen LogP contribution in [0.15, 0.2) is 0 Å². The number of nitrogens with one attached hydrogen (secondary N) is 1. The fraction of sp³-hybridized carbons (Fsp3) is 0.667. The number of hydrogen-bond acceptors (Lipinski definition) is 2. The van der Waals surface area contributed by atoms with Crippen molar-refractivity contribution in [3.05, 3.63) is 0 Å². The Balaban J connectivity index is 3.85. The molecule has 0 spiro atoms. The smallest absolute Gasteiger partial charge is 0.408 e. The summed E-state index contributed by atoms with van der Waals surface area (Å²) >= 11 is 0. The van der Waals surface area contributed by atoms with Crippen molar-refractivity contribution in [2.24, 2.45) is 0 Å². The minimum atomic E-state index is -0.479. The summed E-state index contributed by atoms with van der Waals surface area (Å²) in [5.74, 6) is 2.37. The Morgan fingerprint density at radius 1 is 1.58 bits per heavy atom. The van der Waals surface area contributed by atoms with Gasteiger partial charge in [0.1, 0.15) is 5.60 Å². The highest BCUT2D eigenvalue weighted by molar-refractivity contribution is 5.68. The first-order chi connectivity index (χ1) is 5.35. The van der Waals surface area contributed by atoms with Crippen molar-refractivity contribution >= 4 is 6.09 Å². The second-order valence-electron chi connectivity index (χ2n) is 3.53. The average molecular weight is 169 g/mol. The first-order valence-corrected chi connectivity index (χ1v) is 3.81. The van der Waals surface area contributed by atoms with Gasteiger partial charge < -0.3 is 10.1 Å². The van der Waals surface area contributed by atoms with Crippen molar-refractivity contribution in [3.8, 4) is 12.3 Å². The molecule has 0 saturated heterocycles. The largest absolute Gasteiger partial charge is 0.444 e. The SMILES string of the molecule is C#CC(C)NC(=O)OC(C)(C)C. The Kier molecular flexibility index (Phi) is 3.62. The van der Waals surface area contributed by atoms with Crippen LogP contribution < -0.4 is 5.32 Å². The normalized spacial score (nSPS) is 12.9. The highest BCUT2D eigenvalue weighted by atomic mass is 16.6. The van der Waals surface area contributed by atoms with Crippen molar-refractivity contribution in [2.75, 3.05) is 0 Å². The molecule has 0 aromatic heterocycles. The topological polar surface area (TPSA) is 38.3 Å². The van der Waals surface area contributed by atoms with E-state index in [2.05, 4.69) is 11.2 Å². The van der Waals surface area contributed by atoms with E-state index in [9.17, 15) is 4.79 Å². The molecule has 68 valence electrons. The van der Waals surface area contributed by atoms with Crippen molar-refractivity contribution in [1.29, 1.82) is 0 Å². The van der Waals surface area contributed by atoms with Crippen LogP contribution in [0.4, 0.5) is 4.79 Å². The molecule has 0 heterocycles. The van der Waals surface area contributed by atoms with Crippen molar-refractivity contribution in [2.45, 2.75) is 39.3 Å². The zero-order valence-electron chi connectivity index (χ0n) is 7.97. The number of carbonyl (C=O) groups excluding carboxylic acids is 1. The van der Waals surface area contributed by atoms with Gasteiger partial charge in [0.25, 0.3) is 0 Å². The van der Waals surface area contributed by atoms with Gasteiger partial charge in [-0.05, 0) is 27.7 Å². The van der Waals surface area contributed by atoms with Gasteiger partial charge in [0.05, 0.1) is 6.04 Å². The Morgan fingerprint density at radius 3 is 2.42 bits per heavy atom. The van der Waals surface area contributed by atoms with Crippen molar-refractivity contribution < 1.29 is 9.53 Å². The maximum atomic E-state index is 11.0. The molecular formula is C9H15NO2. The minimum absolute atomic E-state index is 0.292. The van der Waals surface area contributed by atoms with E-state index in [-0.39, 0.29) is 6.04 Å². The van der Waals surface area contributed by atoms with Crippen LogP contribution in [0, 0.1) is 12.3 Å². The van der Waals surface area contributed by atoms with Crippen molar-refractivity contribution in [3.63, 3.8) is 0 Å². The van der Waals surface area contributed by atoms with E-state index in [0.717, 1.165) is 0 Å². The van der Waals surface area contributed by atoms with E-state index in [4.69, 9.17) is 11.2 Å². The molecule has 0 radical (unpaired) electrons. The molecule has 0 rings (SSSR count). The molecule has 1 unspecified atom stereocenters. The molecule has 0 aromatic rings. The maximum Gasteiger partial charge on any atom is 0.408 e. The summed E-state index contributed by atoms with van der Waals surface area (Å²) in [7, 11) is 0. The van der Waals surface area contributed by atoms with Crippen LogP contribution >= 0.6 is 0 Å². The summed E-state index contributed by atoms with van der Waals surface area (Å²) in [5, 5.41) is 2.49. The number of terminal acetylenes is 1. The molecule has 1 N–H and O–H groups in total. The predicted molar refractivity (Wildman–Crippen MR) is 47.7 cm³/mol. The second kappa shape index (κ2) is 4.01. The molecule has 3 nitrogen and oxygen atoms in total. The minimum Gasteiger partial charge on any atom is -0.444 e. The van der Waals surface area contributed by atoms with Gasteiger partial charge in [-0.15, -0.1) is 6.42 Å². The molecule has 1 atom stereocenters. The molecule has 0 bridgehead atoms. The summed E-state index contributed by atoms with van der Waals surface area (Å²) < 4.78 is 4.96. The van der Waals surface area contributed by atoms with Gasteiger partial charge in [0.15, 0.2) is 0 Å². The van der Waals surface area contributed by atoms with Gasteiger partial charge in [-0.2, -0.15) is 0 Å². The monoisotopic (exact) mass is 169 g/mol. The van der Waals surface area contributed by atoms with Crippen LogP contribution in [0.25, 0.3) is 0 Å². The number of rotatable bonds is 1. The molecule has 0 aromatic carbocycles. The lowest BCUT2D eigenvalue weighted by molar-refractivity contribution is 0.0520. The van der Waals surface area contributed by atoms with E-state index in [1.54, 1.807) is 27.7 Å². The molecule has 12 heavy (non-hydrogen) atoms. The molecule has 0 aliphatic carbocycles. The van der Waals surface area contributed by atoms with Gasteiger partial charge in [0, 0.05) is 0 Å². The Bertz CT molecular complexity index is 198. The van der Waals surface area contributed by atoms with E-state index in [1.165, 1.54) is 0 Å². The first-order valence-electron chi connectivity index (χ1n) is 3.81. The highest BCUT2D eigenvalue weighted by Gasteiger charge is 2.16. The number of hydrogen-bond donors (Lipinski definition) is 1. The molecular weight excluding hydrogens is 154 g/mol. The molecule has 1 amide bonds. The van der Waals surface area contributed by atoms with E-state index in [0.29, 0.717) is 0 Å². The number of alkyl carbamates (subject to hydrolysis) is 1. The lowest BCUT2D eigenvalue weighted by atomic mass is 10.2. The average Bonchev–Trinajstić information content (AvgIpc) is 1.82. The first kappa shape index (κ1) is 10.8. The molecule has 0 aliphatic heterocycles. The van der Waals surface area contributed by atoms with E-state index < -0.39 is 11.7 Å². The third-order valence-corrected chi connectivity index (χ3v) is 0.983. The van der Waals surface area contributed by atoms with E-state index >= 15 is 0 Å². The number of ether oxygens (including phenoxy) is 1. The number of carbonyl (C=O) groups is 1. The summed E-state index contributed by atoms with van der Waals surface area (Å²) in [4.78, 5) is 11.0. The lowest BCUT2D eigenvalue weighted by Crippen LogP contribution is -2.36. The predicted octanol–water partition coefficient (Wildman–Crippen LogP) is 1.53. The van der Waals surface area contributed by atoms with Crippen LogP contribution in [-0.4, -0.2) is 17.7 Å². The Morgan fingerprint density at radius 2 is 2.08 bits per heavy atom. The Labute approximate surface area is 73.5 Å². The Hall–Kier alpha value is -1.17. The highest BCUT2D eigenvalue weighted by Crippen LogP contribution is 2.06. The molecule has 0 saturated carbocycles. The summed E-state index contributed by atoms with van der Waals surface area (Å²) in [5.41, 5.74) is -0.474.